The normalized spacial score (nSPS) is 15.4. The van der Waals surface area contributed by atoms with E-state index < -0.39 is 10.0 Å². The van der Waals surface area contributed by atoms with Crippen LogP contribution in [0.4, 0.5) is 10.5 Å². The molecule has 6 nitrogen and oxygen atoms in total. The third-order valence-corrected chi connectivity index (χ3v) is 6.93. The van der Waals surface area contributed by atoms with Gasteiger partial charge in [-0.15, -0.1) is 0 Å². The van der Waals surface area contributed by atoms with Gasteiger partial charge >= 0.3 is 6.03 Å². The maximum Gasteiger partial charge on any atom is 0.315 e. The van der Waals surface area contributed by atoms with Gasteiger partial charge in [0.25, 0.3) is 10.0 Å². The summed E-state index contributed by atoms with van der Waals surface area (Å²) in [7, 11) is -3.69. The Morgan fingerprint density at radius 3 is 2.35 bits per heavy atom. The van der Waals surface area contributed by atoms with Crippen molar-refractivity contribution in [2.45, 2.75) is 70.4 Å². The average molecular weight is 446 g/mol. The molecule has 0 aliphatic heterocycles. The van der Waals surface area contributed by atoms with E-state index in [1.54, 1.807) is 48.5 Å². The quantitative estimate of drug-likeness (QED) is 0.516. The van der Waals surface area contributed by atoms with E-state index in [0.29, 0.717) is 17.2 Å². The van der Waals surface area contributed by atoms with Crippen LogP contribution < -0.4 is 15.4 Å². The van der Waals surface area contributed by atoms with Crippen LogP contribution in [0.3, 0.4) is 0 Å². The van der Waals surface area contributed by atoms with Crippen molar-refractivity contribution >= 4 is 21.7 Å². The fraction of sp³-hybridized carbons (Fsp3) is 0.458. The number of anilines is 1. The zero-order chi connectivity index (χ0) is 21.4. The maximum absolute atomic E-state index is 12.6. The molecule has 1 atom stereocenters. The van der Waals surface area contributed by atoms with Crippen LogP contribution in [0, 0.1) is 5.92 Å². The van der Waals surface area contributed by atoms with Crippen LogP contribution in [0.2, 0.25) is 0 Å². The first-order chi connectivity index (χ1) is 14.4. The van der Waals surface area contributed by atoms with Crippen LogP contribution in [-0.2, 0) is 16.6 Å². The van der Waals surface area contributed by atoms with E-state index in [4.69, 9.17) is 0 Å². The van der Waals surface area contributed by atoms with Crippen molar-refractivity contribution in [1.29, 1.82) is 0 Å². The fourth-order valence-corrected chi connectivity index (χ4v) is 5.13. The van der Waals surface area contributed by atoms with Crippen molar-refractivity contribution in [2.75, 3.05) is 4.72 Å². The highest BCUT2D eigenvalue weighted by Crippen LogP contribution is 2.27. The van der Waals surface area contributed by atoms with E-state index in [1.807, 2.05) is 13.0 Å². The molecule has 170 valence electrons. The minimum absolute atomic E-state index is 0. The number of hydrogen-bond acceptors (Lipinski definition) is 3. The molecular weight excluding hydrogens is 410 g/mol. The second-order valence-electron chi connectivity index (χ2n) is 8.04. The number of rotatable bonds is 8. The SMILES string of the molecule is C.CC(CC1CCCCC1)NC(=O)NCc1ccccc1NS(=O)(=O)c1ccccc1. The van der Waals surface area contributed by atoms with Gasteiger partial charge in [-0.2, -0.15) is 0 Å². The van der Waals surface area contributed by atoms with Crippen LogP contribution in [0.1, 0.15) is 58.4 Å². The Balaban J connectivity index is 0.00000341. The number of urea groups is 1. The molecule has 0 bridgehead atoms. The lowest BCUT2D eigenvalue weighted by Crippen LogP contribution is -2.41. The molecule has 1 aliphatic rings. The first kappa shape index (κ1) is 24.7. The van der Waals surface area contributed by atoms with Gasteiger partial charge in [0.1, 0.15) is 0 Å². The monoisotopic (exact) mass is 445 g/mol. The molecule has 0 heterocycles. The molecule has 0 radical (unpaired) electrons. The van der Waals surface area contributed by atoms with Gasteiger partial charge in [-0.1, -0.05) is 75.9 Å². The number of benzene rings is 2. The standard InChI is InChI=1S/C23H31N3O3S.CH4/c1-18(16-19-10-4-2-5-11-19)25-23(27)24-17-20-12-8-9-15-22(20)26-30(28,29)21-13-6-3-7-14-21;/h3,6-9,12-15,18-19,26H,2,4-5,10-11,16-17H2,1H3,(H2,24,25,27);1H4. The summed E-state index contributed by atoms with van der Waals surface area (Å²) in [6.07, 6.45) is 7.41. The number of carbonyl (C=O) groups is 1. The van der Waals surface area contributed by atoms with Crippen molar-refractivity contribution in [1.82, 2.24) is 10.6 Å². The Labute approximate surface area is 186 Å². The third-order valence-electron chi connectivity index (χ3n) is 5.54. The maximum atomic E-state index is 12.6. The molecular formula is C24H35N3O3S. The molecule has 2 aromatic rings. The Bertz CT molecular complexity index is 926. The average Bonchev–Trinajstić information content (AvgIpc) is 2.74. The number of hydrogen-bond donors (Lipinski definition) is 3. The van der Waals surface area contributed by atoms with Gasteiger partial charge in [0.2, 0.25) is 0 Å². The molecule has 2 aromatic carbocycles. The van der Waals surface area contributed by atoms with E-state index in [2.05, 4.69) is 15.4 Å². The summed E-state index contributed by atoms with van der Waals surface area (Å²) in [4.78, 5) is 12.5. The van der Waals surface area contributed by atoms with Gasteiger partial charge in [0.15, 0.2) is 0 Å². The number of para-hydroxylation sites is 1. The van der Waals surface area contributed by atoms with Crippen molar-refractivity contribution in [2.24, 2.45) is 5.92 Å². The lowest BCUT2D eigenvalue weighted by molar-refractivity contribution is 0.232. The molecule has 0 aromatic heterocycles. The molecule has 1 aliphatic carbocycles. The molecule has 1 saturated carbocycles. The summed E-state index contributed by atoms with van der Waals surface area (Å²) < 4.78 is 27.9. The van der Waals surface area contributed by atoms with Crippen LogP contribution in [0.5, 0.6) is 0 Å². The predicted molar refractivity (Wildman–Crippen MR) is 126 cm³/mol. The van der Waals surface area contributed by atoms with Gasteiger partial charge < -0.3 is 10.6 Å². The van der Waals surface area contributed by atoms with Crippen molar-refractivity contribution in [3.8, 4) is 0 Å². The molecule has 7 heteroatoms. The summed E-state index contributed by atoms with van der Waals surface area (Å²) in [5.41, 5.74) is 1.16. The van der Waals surface area contributed by atoms with Gasteiger partial charge in [-0.3, -0.25) is 4.72 Å². The Morgan fingerprint density at radius 1 is 1.00 bits per heavy atom. The van der Waals surface area contributed by atoms with Crippen molar-refractivity contribution in [3.63, 3.8) is 0 Å². The molecule has 1 fully saturated rings. The second-order valence-corrected chi connectivity index (χ2v) is 9.73. The molecule has 0 spiro atoms. The van der Waals surface area contributed by atoms with E-state index in [1.165, 1.54) is 32.1 Å². The summed E-state index contributed by atoms with van der Waals surface area (Å²) in [6.45, 7) is 2.27. The highest BCUT2D eigenvalue weighted by molar-refractivity contribution is 7.92. The molecule has 31 heavy (non-hydrogen) atoms. The minimum atomic E-state index is -3.69. The van der Waals surface area contributed by atoms with E-state index in [0.717, 1.165) is 6.42 Å². The zero-order valence-electron chi connectivity index (χ0n) is 17.4. The highest BCUT2D eigenvalue weighted by Gasteiger charge is 2.18. The smallest absolute Gasteiger partial charge is 0.315 e. The minimum Gasteiger partial charge on any atom is -0.336 e. The van der Waals surface area contributed by atoms with Gasteiger partial charge in [-0.25, -0.2) is 13.2 Å². The zero-order valence-corrected chi connectivity index (χ0v) is 18.3. The Hall–Kier alpha value is -2.54. The van der Waals surface area contributed by atoms with E-state index in [-0.39, 0.29) is 30.9 Å². The lowest BCUT2D eigenvalue weighted by Gasteiger charge is -2.25. The summed E-state index contributed by atoms with van der Waals surface area (Å²) in [5.74, 6) is 0.696. The van der Waals surface area contributed by atoms with Crippen LogP contribution in [-0.4, -0.2) is 20.5 Å². The number of nitrogens with one attached hydrogen (secondary N) is 3. The first-order valence-electron chi connectivity index (χ1n) is 10.6. The third kappa shape index (κ3) is 7.58. The summed E-state index contributed by atoms with van der Waals surface area (Å²) >= 11 is 0. The Morgan fingerprint density at radius 2 is 1.65 bits per heavy atom. The van der Waals surface area contributed by atoms with Crippen LogP contribution in [0.25, 0.3) is 0 Å². The van der Waals surface area contributed by atoms with Gasteiger partial charge in [0, 0.05) is 12.6 Å². The number of amides is 2. The van der Waals surface area contributed by atoms with Gasteiger partial charge in [-0.05, 0) is 43.0 Å². The van der Waals surface area contributed by atoms with E-state index >= 15 is 0 Å². The predicted octanol–water partition coefficient (Wildman–Crippen LogP) is 5.28. The number of carbonyl (C=O) groups excluding carboxylic acids is 1. The first-order valence-corrected chi connectivity index (χ1v) is 12.1. The summed E-state index contributed by atoms with van der Waals surface area (Å²) in [6, 6.07) is 15.2. The molecule has 0 saturated heterocycles. The Kier molecular flexibility index (Phi) is 9.37. The van der Waals surface area contributed by atoms with Crippen LogP contribution >= 0.6 is 0 Å². The molecule has 1 unspecified atom stereocenters. The fourth-order valence-electron chi connectivity index (χ4n) is 4.01. The molecule has 2 amide bonds. The molecule has 3 N–H and O–H groups in total. The summed E-state index contributed by atoms with van der Waals surface area (Å²) in [5, 5.41) is 5.85. The van der Waals surface area contributed by atoms with Crippen molar-refractivity contribution in [3.05, 3.63) is 60.2 Å². The highest BCUT2D eigenvalue weighted by atomic mass is 32.2. The van der Waals surface area contributed by atoms with Crippen LogP contribution in [0.15, 0.2) is 59.5 Å². The lowest BCUT2D eigenvalue weighted by atomic mass is 9.85. The number of sulfonamides is 1. The van der Waals surface area contributed by atoms with Crippen molar-refractivity contribution < 1.29 is 13.2 Å². The second kappa shape index (κ2) is 11.7. The van der Waals surface area contributed by atoms with Gasteiger partial charge in [0.05, 0.1) is 10.6 Å². The molecule has 3 rings (SSSR count). The van der Waals surface area contributed by atoms with E-state index in [9.17, 15) is 13.2 Å². The largest absolute Gasteiger partial charge is 0.336 e. The topological polar surface area (TPSA) is 87.3 Å².